The predicted molar refractivity (Wildman–Crippen MR) is 151 cm³/mol. The predicted octanol–water partition coefficient (Wildman–Crippen LogP) is 4.31. The second kappa shape index (κ2) is 13.7. The third-order valence-electron chi connectivity index (χ3n) is 6.23. The van der Waals surface area contributed by atoms with Crippen molar-refractivity contribution in [2.24, 2.45) is 5.41 Å². The molecule has 1 atom stereocenters. The van der Waals surface area contributed by atoms with Crippen LogP contribution in [0.1, 0.15) is 52.9 Å². The van der Waals surface area contributed by atoms with Crippen LogP contribution in [0.15, 0.2) is 91.0 Å². The third-order valence-corrected chi connectivity index (χ3v) is 11.9. The molecule has 34 heavy (non-hydrogen) atoms. The molecule has 4 heteroatoms. The number of unbranched alkanes of at least 4 members (excludes halogenated alkanes) is 2. The highest BCUT2D eigenvalue weighted by molar-refractivity contribution is 7.96. The van der Waals surface area contributed by atoms with Crippen molar-refractivity contribution >= 4 is 32.2 Å². The molecule has 0 aliphatic rings. The van der Waals surface area contributed by atoms with Crippen LogP contribution in [0.25, 0.3) is 0 Å². The Morgan fingerprint density at radius 3 is 1.44 bits per heavy atom. The van der Waals surface area contributed by atoms with Gasteiger partial charge in [0.2, 0.25) is 0 Å². The minimum absolute atomic E-state index is 0. The fourth-order valence-corrected chi connectivity index (χ4v) is 11.4. The zero-order valence-electron chi connectivity index (χ0n) is 21.6. The molecule has 184 valence electrons. The van der Waals surface area contributed by atoms with E-state index < -0.39 is 16.3 Å². The van der Waals surface area contributed by atoms with E-state index >= 15 is 0 Å². The van der Waals surface area contributed by atoms with Crippen LogP contribution in [0, 0.1) is 5.41 Å². The first kappa shape index (κ1) is 29.0. The number of hydrogen-bond donors (Lipinski definition) is 0. The maximum absolute atomic E-state index is 7.01. The highest BCUT2D eigenvalue weighted by Crippen LogP contribution is 2.61. The molecule has 3 aromatic carbocycles. The monoisotopic (exact) mass is 556 g/mol. The molecule has 0 aromatic heterocycles. The van der Waals surface area contributed by atoms with E-state index in [1.807, 2.05) is 0 Å². The fraction of sp³-hybridized carbons (Fsp3) is 0.400. The summed E-state index contributed by atoms with van der Waals surface area (Å²) in [6.07, 6.45) is 6.18. The molecule has 0 fully saturated rings. The van der Waals surface area contributed by atoms with E-state index in [1.165, 1.54) is 41.6 Å². The Hall–Kier alpha value is -1.25. The van der Waals surface area contributed by atoms with Crippen LogP contribution in [0.4, 0.5) is 0 Å². The summed E-state index contributed by atoms with van der Waals surface area (Å²) in [4.78, 5) is 0. The van der Waals surface area contributed by atoms with E-state index in [1.54, 1.807) is 0 Å². The van der Waals surface area contributed by atoms with Gasteiger partial charge < -0.3 is 21.4 Å². The van der Waals surface area contributed by atoms with Crippen molar-refractivity contribution in [2.75, 3.05) is 0 Å². The van der Waals surface area contributed by atoms with Crippen molar-refractivity contribution in [1.82, 2.24) is 0 Å². The Morgan fingerprint density at radius 2 is 1.09 bits per heavy atom. The van der Waals surface area contributed by atoms with Gasteiger partial charge in [-0.25, -0.2) is 0 Å². The number of rotatable bonds is 11. The number of halogens is 1. The van der Waals surface area contributed by atoms with Gasteiger partial charge in [0.1, 0.15) is 23.2 Å². The van der Waals surface area contributed by atoms with Gasteiger partial charge in [-0.2, -0.15) is 0 Å². The lowest BCUT2D eigenvalue weighted by molar-refractivity contribution is -0.00000842. The van der Waals surface area contributed by atoms with Crippen LogP contribution in [-0.2, 0) is 4.43 Å². The molecule has 0 spiro atoms. The molecule has 0 bridgehead atoms. The van der Waals surface area contributed by atoms with E-state index in [0.29, 0.717) is 5.41 Å². The van der Waals surface area contributed by atoms with E-state index in [9.17, 15) is 0 Å². The fourth-order valence-electron chi connectivity index (χ4n) is 4.75. The Kier molecular flexibility index (Phi) is 11.7. The van der Waals surface area contributed by atoms with Crippen LogP contribution >= 0.6 is 7.26 Å². The van der Waals surface area contributed by atoms with Crippen molar-refractivity contribution in [3.05, 3.63) is 91.0 Å². The van der Waals surface area contributed by atoms with Gasteiger partial charge in [0.25, 0.3) is 0 Å². The summed E-state index contributed by atoms with van der Waals surface area (Å²) >= 11 is 0. The molecular formula is C30H42BrOPSi. The molecule has 0 amide bonds. The highest BCUT2D eigenvalue weighted by atomic mass is 79.9. The summed E-state index contributed by atoms with van der Waals surface area (Å²) in [5.74, 6) is 0.214. The van der Waals surface area contributed by atoms with Gasteiger partial charge in [0.15, 0.2) is 14.9 Å². The lowest BCUT2D eigenvalue weighted by Crippen LogP contribution is -3.00. The minimum atomic E-state index is -1.99. The molecule has 0 aliphatic heterocycles. The molecule has 0 radical (unpaired) electrons. The number of hydrogen-bond acceptors (Lipinski definition) is 1. The van der Waals surface area contributed by atoms with Crippen molar-refractivity contribution in [3.8, 4) is 0 Å². The van der Waals surface area contributed by atoms with E-state index in [2.05, 4.69) is 125 Å². The topological polar surface area (TPSA) is 9.23 Å². The molecule has 3 aromatic rings. The maximum atomic E-state index is 7.01. The van der Waals surface area contributed by atoms with E-state index in [0.717, 1.165) is 6.42 Å². The summed E-state index contributed by atoms with van der Waals surface area (Å²) in [5.41, 5.74) is 0.412. The van der Waals surface area contributed by atoms with E-state index in [-0.39, 0.29) is 22.8 Å². The van der Waals surface area contributed by atoms with Gasteiger partial charge in [0.05, 0.1) is 0 Å². The van der Waals surface area contributed by atoms with Crippen LogP contribution in [0.2, 0.25) is 13.1 Å². The second-order valence-electron chi connectivity index (χ2n) is 10.5. The summed E-state index contributed by atoms with van der Waals surface area (Å²) in [7, 11) is -3.24. The quantitative estimate of drug-likeness (QED) is 0.194. The SMILES string of the molecule is C[SiH](C)OC(CCCCCC(C)(C)C)[P+](c1ccccc1)(c1ccccc1)c1ccccc1.[Br-]. The van der Waals surface area contributed by atoms with Crippen molar-refractivity contribution in [1.29, 1.82) is 0 Å². The van der Waals surface area contributed by atoms with Gasteiger partial charge in [-0.05, 0) is 67.7 Å². The lowest BCUT2D eigenvalue weighted by atomic mass is 9.89. The Bertz CT molecular complexity index is 845. The molecule has 0 heterocycles. The molecular weight excluding hydrogens is 515 g/mol. The Morgan fingerprint density at radius 1 is 0.676 bits per heavy atom. The molecule has 0 saturated heterocycles. The normalized spacial score (nSPS) is 12.9. The molecule has 0 aliphatic carbocycles. The first-order valence-corrected chi connectivity index (χ1v) is 17.2. The largest absolute Gasteiger partial charge is 1.00 e. The van der Waals surface area contributed by atoms with Gasteiger partial charge in [-0.3, -0.25) is 0 Å². The Labute approximate surface area is 221 Å². The van der Waals surface area contributed by atoms with Crippen molar-refractivity contribution in [2.45, 2.75) is 71.8 Å². The van der Waals surface area contributed by atoms with Gasteiger partial charge in [-0.15, -0.1) is 0 Å². The standard InChI is InChI=1S/C30H42OPSi.BrH/c1-30(2,3)25-17-9-16-24-29(31-33(4)5)32(26-18-10-6-11-19-26,27-20-12-7-13-21-27)28-22-14-8-15-23-28;/h6-8,10-15,18-23,29,33H,9,16-17,24-25H2,1-5H3;1H/q+1;/p-1. The van der Waals surface area contributed by atoms with Gasteiger partial charge >= 0.3 is 0 Å². The minimum Gasteiger partial charge on any atom is -1.00 e. The Balaban J connectivity index is 0.00000408. The maximum Gasteiger partial charge on any atom is 0.176 e. The summed E-state index contributed by atoms with van der Waals surface area (Å²) in [6, 6.07) is 33.6. The van der Waals surface area contributed by atoms with Crippen LogP contribution in [-0.4, -0.2) is 14.9 Å². The van der Waals surface area contributed by atoms with Crippen molar-refractivity contribution < 1.29 is 21.4 Å². The second-order valence-corrected chi connectivity index (χ2v) is 16.5. The summed E-state index contributed by atoms with van der Waals surface area (Å²) < 4.78 is 7.01. The van der Waals surface area contributed by atoms with Crippen LogP contribution < -0.4 is 32.9 Å². The third kappa shape index (κ3) is 7.62. The van der Waals surface area contributed by atoms with Crippen LogP contribution in [0.3, 0.4) is 0 Å². The molecule has 3 rings (SSSR count). The molecule has 0 saturated carbocycles. The van der Waals surface area contributed by atoms with Crippen molar-refractivity contribution in [3.63, 3.8) is 0 Å². The smallest absolute Gasteiger partial charge is 0.176 e. The first-order chi connectivity index (χ1) is 15.8. The lowest BCUT2D eigenvalue weighted by Gasteiger charge is -2.35. The average molecular weight is 558 g/mol. The van der Waals surface area contributed by atoms with E-state index in [4.69, 9.17) is 4.43 Å². The average Bonchev–Trinajstić information content (AvgIpc) is 2.80. The van der Waals surface area contributed by atoms with Gasteiger partial charge in [-0.1, -0.05) is 88.2 Å². The van der Waals surface area contributed by atoms with Gasteiger partial charge in [0, 0.05) is 6.42 Å². The highest BCUT2D eigenvalue weighted by Gasteiger charge is 2.53. The molecule has 0 N–H and O–H groups in total. The zero-order chi connectivity index (χ0) is 23.7. The zero-order valence-corrected chi connectivity index (χ0v) is 25.2. The first-order valence-electron chi connectivity index (χ1n) is 12.5. The summed E-state index contributed by atoms with van der Waals surface area (Å²) in [6.45, 7) is 11.7. The molecule has 1 unspecified atom stereocenters. The summed E-state index contributed by atoms with van der Waals surface area (Å²) in [5, 5.41) is 4.28. The van der Waals surface area contributed by atoms with Crippen LogP contribution in [0.5, 0.6) is 0 Å². The number of benzene rings is 3. The molecule has 1 nitrogen and oxygen atoms in total.